The second kappa shape index (κ2) is 6.17. The van der Waals surface area contributed by atoms with Gasteiger partial charge in [-0.3, -0.25) is 0 Å². The molecule has 1 aromatic rings. The first-order valence-corrected chi connectivity index (χ1v) is 6.61. The van der Waals surface area contributed by atoms with Gasteiger partial charge in [-0.05, 0) is 18.8 Å². The van der Waals surface area contributed by atoms with Gasteiger partial charge in [-0.1, -0.05) is 19.3 Å². The van der Waals surface area contributed by atoms with Crippen molar-refractivity contribution in [1.82, 2.24) is 14.9 Å². The van der Waals surface area contributed by atoms with E-state index >= 15 is 0 Å². The van der Waals surface area contributed by atoms with Gasteiger partial charge in [-0.2, -0.15) is 0 Å². The van der Waals surface area contributed by atoms with E-state index in [4.69, 9.17) is 0 Å². The SMILES string of the molecule is Cn1ccnc1CNC1CCCCCC1CO. The summed E-state index contributed by atoms with van der Waals surface area (Å²) in [6.07, 6.45) is 9.95. The highest BCUT2D eigenvalue weighted by atomic mass is 16.3. The van der Waals surface area contributed by atoms with Gasteiger partial charge in [-0.15, -0.1) is 0 Å². The molecule has 1 heterocycles. The number of rotatable bonds is 4. The van der Waals surface area contributed by atoms with Crippen molar-refractivity contribution in [3.8, 4) is 0 Å². The van der Waals surface area contributed by atoms with Crippen LogP contribution in [-0.4, -0.2) is 27.3 Å². The molecular formula is C13H23N3O. The van der Waals surface area contributed by atoms with Gasteiger partial charge in [-0.25, -0.2) is 4.98 Å². The fourth-order valence-electron chi connectivity index (χ4n) is 2.66. The van der Waals surface area contributed by atoms with Crippen molar-refractivity contribution in [2.45, 2.75) is 44.7 Å². The highest BCUT2D eigenvalue weighted by molar-refractivity contribution is 4.91. The molecule has 0 bridgehead atoms. The summed E-state index contributed by atoms with van der Waals surface area (Å²) in [6.45, 7) is 1.10. The van der Waals surface area contributed by atoms with E-state index in [1.54, 1.807) is 0 Å². The number of hydrogen-bond acceptors (Lipinski definition) is 3. The smallest absolute Gasteiger partial charge is 0.122 e. The summed E-state index contributed by atoms with van der Waals surface area (Å²) in [7, 11) is 2.01. The molecule has 0 spiro atoms. The highest BCUT2D eigenvalue weighted by Crippen LogP contribution is 2.23. The Hall–Kier alpha value is -0.870. The van der Waals surface area contributed by atoms with Crippen LogP contribution in [0.1, 0.15) is 37.9 Å². The number of aliphatic hydroxyl groups excluding tert-OH is 1. The van der Waals surface area contributed by atoms with Crippen LogP contribution in [0, 0.1) is 5.92 Å². The average Bonchev–Trinajstić information content (AvgIpc) is 2.63. The Morgan fingerprint density at radius 3 is 2.94 bits per heavy atom. The lowest BCUT2D eigenvalue weighted by atomic mass is 9.96. The minimum Gasteiger partial charge on any atom is -0.396 e. The Bertz CT molecular complexity index is 337. The van der Waals surface area contributed by atoms with E-state index < -0.39 is 0 Å². The second-order valence-corrected chi connectivity index (χ2v) is 5.02. The molecule has 96 valence electrons. The lowest BCUT2D eigenvalue weighted by Crippen LogP contribution is -2.37. The second-order valence-electron chi connectivity index (χ2n) is 5.02. The Kier molecular flexibility index (Phi) is 4.57. The average molecular weight is 237 g/mol. The summed E-state index contributed by atoms with van der Waals surface area (Å²) in [4.78, 5) is 4.31. The van der Waals surface area contributed by atoms with Crippen LogP contribution in [0.5, 0.6) is 0 Å². The topological polar surface area (TPSA) is 50.1 Å². The quantitative estimate of drug-likeness (QED) is 0.779. The molecule has 2 rings (SSSR count). The van der Waals surface area contributed by atoms with Crippen molar-refractivity contribution in [2.75, 3.05) is 6.61 Å². The Labute approximate surface area is 103 Å². The highest BCUT2D eigenvalue weighted by Gasteiger charge is 2.22. The van der Waals surface area contributed by atoms with Gasteiger partial charge < -0.3 is 15.0 Å². The van der Waals surface area contributed by atoms with E-state index in [1.807, 2.05) is 24.0 Å². The van der Waals surface area contributed by atoms with Crippen molar-refractivity contribution in [3.05, 3.63) is 18.2 Å². The van der Waals surface area contributed by atoms with Crippen LogP contribution in [0.25, 0.3) is 0 Å². The van der Waals surface area contributed by atoms with Gasteiger partial charge >= 0.3 is 0 Å². The number of nitrogens with one attached hydrogen (secondary N) is 1. The predicted molar refractivity (Wildman–Crippen MR) is 67.5 cm³/mol. The number of imidazole rings is 1. The normalized spacial score (nSPS) is 25.8. The lowest BCUT2D eigenvalue weighted by Gasteiger charge is -2.24. The predicted octanol–water partition coefficient (Wildman–Crippen LogP) is 1.45. The standard InChI is InChI=1S/C13H23N3O/c1-16-8-7-14-13(16)9-15-12-6-4-2-3-5-11(12)10-17/h7-8,11-12,15,17H,2-6,9-10H2,1H3. The first-order chi connectivity index (χ1) is 8.31. The third kappa shape index (κ3) is 3.30. The molecule has 1 saturated carbocycles. The summed E-state index contributed by atoms with van der Waals surface area (Å²) in [6, 6.07) is 0.444. The molecule has 1 fully saturated rings. The number of hydrogen-bond donors (Lipinski definition) is 2. The van der Waals surface area contributed by atoms with Gasteiger partial charge in [0.25, 0.3) is 0 Å². The molecule has 1 aliphatic rings. The fourth-order valence-corrected chi connectivity index (χ4v) is 2.66. The summed E-state index contributed by atoms with van der Waals surface area (Å²) in [5.74, 6) is 1.48. The van der Waals surface area contributed by atoms with Gasteiger partial charge in [0.1, 0.15) is 5.82 Å². The van der Waals surface area contributed by atoms with Crippen LogP contribution in [0.15, 0.2) is 12.4 Å². The molecule has 2 atom stereocenters. The third-order valence-electron chi connectivity index (χ3n) is 3.84. The van der Waals surface area contributed by atoms with Crippen molar-refractivity contribution in [1.29, 1.82) is 0 Å². The maximum absolute atomic E-state index is 9.44. The molecule has 1 aliphatic carbocycles. The number of aromatic nitrogens is 2. The summed E-state index contributed by atoms with van der Waals surface area (Å²) in [5, 5.41) is 13.0. The van der Waals surface area contributed by atoms with E-state index in [2.05, 4.69) is 10.3 Å². The van der Waals surface area contributed by atoms with Gasteiger partial charge in [0.15, 0.2) is 0 Å². The first-order valence-electron chi connectivity index (χ1n) is 6.61. The summed E-state index contributed by atoms with van der Waals surface area (Å²) >= 11 is 0. The number of aliphatic hydroxyl groups is 1. The van der Waals surface area contributed by atoms with Gasteiger partial charge in [0.2, 0.25) is 0 Å². The van der Waals surface area contributed by atoms with Gasteiger partial charge in [0, 0.05) is 32.1 Å². The van der Waals surface area contributed by atoms with Gasteiger partial charge in [0.05, 0.1) is 6.54 Å². The van der Waals surface area contributed by atoms with Crippen LogP contribution < -0.4 is 5.32 Å². The maximum Gasteiger partial charge on any atom is 0.122 e. The maximum atomic E-state index is 9.44. The number of nitrogens with zero attached hydrogens (tertiary/aromatic N) is 2. The molecule has 17 heavy (non-hydrogen) atoms. The molecule has 0 saturated heterocycles. The molecule has 4 nitrogen and oxygen atoms in total. The zero-order valence-electron chi connectivity index (χ0n) is 10.6. The van der Waals surface area contributed by atoms with E-state index in [0.29, 0.717) is 18.6 Å². The lowest BCUT2D eigenvalue weighted by molar-refractivity contribution is 0.180. The molecule has 0 radical (unpaired) electrons. The van der Waals surface area contributed by atoms with Crippen LogP contribution in [0.3, 0.4) is 0 Å². The van der Waals surface area contributed by atoms with E-state index in [9.17, 15) is 5.11 Å². The van der Waals surface area contributed by atoms with Crippen molar-refractivity contribution in [3.63, 3.8) is 0 Å². The fraction of sp³-hybridized carbons (Fsp3) is 0.769. The zero-order valence-corrected chi connectivity index (χ0v) is 10.6. The molecule has 0 amide bonds. The van der Waals surface area contributed by atoms with Crippen LogP contribution in [-0.2, 0) is 13.6 Å². The molecule has 1 aromatic heterocycles. The van der Waals surface area contributed by atoms with E-state index in [1.165, 1.54) is 25.7 Å². The molecule has 0 aromatic carbocycles. The van der Waals surface area contributed by atoms with Crippen molar-refractivity contribution in [2.24, 2.45) is 13.0 Å². The van der Waals surface area contributed by atoms with Crippen LogP contribution in [0.2, 0.25) is 0 Å². The molecular weight excluding hydrogens is 214 g/mol. The monoisotopic (exact) mass is 237 g/mol. The summed E-state index contributed by atoms with van der Waals surface area (Å²) < 4.78 is 2.04. The third-order valence-corrected chi connectivity index (χ3v) is 3.84. The number of aryl methyl sites for hydroxylation is 1. The first kappa shape index (κ1) is 12.6. The minimum atomic E-state index is 0.304. The molecule has 0 aliphatic heterocycles. The zero-order chi connectivity index (χ0) is 12.1. The van der Waals surface area contributed by atoms with E-state index in [0.717, 1.165) is 18.8 Å². The summed E-state index contributed by atoms with van der Waals surface area (Å²) in [5.41, 5.74) is 0. The Balaban J connectivity index is 1.89. The molecule has 2 N–H and O–H groups in total. The Morgan fingerprint density at radius 2 is 2.24 bits per heavy atom. The largest absolute Gasteiger partial charge is 0.396 e. The van der Waals surface area contributed by atoms with Crippen molar-refractivity contribution < 1.29 is 5.11 Å². The molecule has 2 unspecified atom stereocenters. The molecule has 4 heteroatoms. The van der Waals surface area contributed by atoms with E-state index in [-0.39, 0.29) is 0 Å². The Morgan fingerprint density at radius 1 is 1.41 bits per heavy atom. The van der Waals surface area contributed by atoms with Crippen LogP contribution in [0.4, 0.5) is 0 Å². The van der Waals surface area contributed by atoms with Crippen LogP contribution >= 0.6 is 0 Å². The van der Waals surface area contributed by atoms with Crippen molar-refractivity contribution >= 4 is 0 Å². The minimum absolute atomic E-state index is 0.304.